The Labute approximate surface area is 230 Å². The summed E-state index contributed by atoms with van der Waals surface area (Å²) in [4.78, 5) is 86.9. The van der Waals surface area contributed by atoms with Crippen LogP contribution in [0.25, 0.3) is 11.2 Å². The number of carboxylic acids is 3. The lowest BCUT2D eigenvalue weighted by atomic mass is 10.1. The molecule has 216 valence electrons. The van der Waals surface area contributed by atoms with Crippen LogP contribution in [0.1, 0.15) is 41.7 Å². The normalized spacial score (nSPS) is 12.3. The number of hydrogen-bond acceptors (Lipinski definition) is 11. The van der Waals surface area contributed by atoms with E-state index in [2.05, 4.69) is 25.3 Å². The van der Waals surface area contributed by atoms with Crippen molar-refractivity contribution in [2.75, 3.05) is 10.6 Å². The molecule has 0 spiro atoms. The van der Waals surface area contributed by atoms with Crippen molar-refractivity contribution >= 4 is 52.5 Å². The number of carbonyl (C=O) groups excluding carboxylic acids is 2. The third-order valence-electron chi connectivity index (χ3n) is 5.75. The van der Waals surface area contributed by atoms with Crippen molar-refractivity contribution in [2.45, 2.75) is 44.3 Å². The Bertz CT molecular complexity index is 1540. The van der Waals surface area contributed by atoms with Gasteiger partial charge in [-0.05, 0) is 37.1 Å². The van der Waals surface area contributed by atoms with E-state index in [0.717, 1.165) is 4.90 Å². The zero-order chi connectivity index (χ0) is 30.3. The monoisotopic (exact) mass is 570 g/mol. The fourth-order valence-electron chi connectivity index (χ4n) is 3.67. The van der Waals surface area contributed by atoms with E-state index in [1.54, 1.807) is 0 Å². The fourth-order valence-corrected chi connectivity index (χ4v) is 3.67. The molecule has 0 saturated carbocycles. The fraction of sp³-hybridized carbons (Fsp3) is 0.292. The highest BCUT2D eigenvalue weighted by molar-refractivity contribution is 5.99. The minimum absolute atomic E-state index is 0.0126. The van der Waals surface area contributed by atoms with Crippen LogP contribution in [0.4, 0.5) is 11.6 Å². The van der Waals surface area contributed by atoms with Crippen LogP contribution < -0.4 is 27.2 Å². The van der Waals surface area contributed by atoms with Gasteiger partial charge < -0.3 is 37.0 Å². The molecule has 17 nitrogen and oxygen atoms in total. The van der Waals surface area contributed by atoms with E-state index in [1.165, 1.54) is 30.5 Å². The number of benzene rings is 1. The van der Waals surface area contributed by atoms with Gasteiger partial charge in [0.15, 0.2) is 11.2 Å². The summed E-state index contributed by atoms with van der Waals surface area (Å²) in [5.74, 6) is -5.42. The number of carbonyl (C=O) groups is 5. The van der Waals surface area contributed by atoms with E-state index in [1.807, 2.05) is 0 Å². The van der Waals surface area contributed by atoms with Crippen molar-refractivity contribution < 1.29 is 39.3 Å². The lowest BCUT2D eigenvalue weighted by molar-refractivity contribution is -0.141. The Morgan fingerprint density at radius 2 is 1.61 bits per heavy atom. The highest BCUT2D eigenvalue weighted by Crippen LogP contribution is 2.20. The first-order valence-electron chi connectivity index (χ1n) is 12.0. The third kappa shape index (κ3) is 8.02. The van der Waals surface area contributed by atoms with Crippen molar-refractivity contribution in [2.24, 2.45) is 5.73 Å². The summed E-state index contributed by atoms with van der Waals surface area (Å²) in [6.07, 6.45) is -0.0809. The maximum Gasteiger partial charge on any atom is 0.326 e. The number of fused-ring (bicyclic) bond motifs is 1. The Morgan fingerprint density at radius 1 is 0.976 bits per heavy atom. The van der Waals surface area contributed by atoms with Crippen LogP contribution in [0.2, 0.25) is 0 Å². The maximum atomic E-state index is 13.3. The minimum Gasteiger partial charge on any atom is -0.481 e. The van der Waals surface area contributed by atoms with E-state index >= 15 is 0 Å². The molecule has 2 heterocycles. The number of aromatic amines is 1. The number of amides is 2. The number of hydrogen-bond donors (Lipinski definition) is 7. The average Bonchev–Trinajstić information content (AvgIpc) is 2.92. The Hall–Kier alpha value is -5.45. The third-order valence-corrected chi connectivity index (χ3v) is 5.75. The van der Waals surface area contributed by atoms with Crippen molar-refractivity contribution in [1.82, 2.24) is 25.3 Å². The van der Waals surface area contributed by atoms with Crippen LogP contribution >= 0.6 is 0 Å². The van der Waals surface area contributed by atoms with E-state index in [-0.39, 0.29) is 59.9 Å². The first kappa shape index (κ1) is 30.1. The van der Waals surface area contributed by atoms with Crippen LogP contribution in [0, 0.1) is 0 Å². The summed E-state index contributed by atoms with van der Waals surface area (Å²) in [6.45, 7) is -0.256. The second kappa shape index (κ2) is 13.1. The quantitative estimate of drug-likeness (QED) is 0.131. The zero-order valence-electron chi connectivity index (χ0n) is 21.3. The second-order valence-corrected chi connectivity index (χ2v) is 8.79. The summed E-state index contributed by atoms with van der Waals surface area (Å²) in [5, 5.41) is 29.3. The number of rotatable bonds is 13. The van der Waals surface area contributed by atoms with Gasteiger partial charge in [-0.3, -0.25) is 29.0 Å². The predicted octanol–water partition coefficient (Wildman–Crippen LogP) is -0.932. The SMILES string of the molecule is Nc1nc2ncc(CN(C(=O)[C@@H](N)CCC(=O)O)c3ccc(C(=O)N[C@@H](CCC(=O)O)C(=O)O)cc3)nc2c(=O)[nH]1. The van der Waals surface area contributed by atoms with Crippen LogP contribution in [0.15, 0.2) is 35.3 Å². The number of carboxylic acid groups (broad SMARTS) is 3. The van der Waals surface area contributed by atoms with Gasteiger partial charge in [-0.25, -0.2) is 14.8 Å². The molecule has 9 N–H and O–H groups in total. The highest BCUT2D eigenvalue weighted by Gasteiger charge is 2.26. The zero-order valence-corrected chi connectivity index (χ0v) is 21.3. The molecule has 0 fully saturated rings. The molecule has 3 aromatic rings. The lowest BCUT2D eigenvalue weighted by Crippen LogP contribution is -2.44. The number of nitrogens with two attached hydrogens (primary N) is 2. The van der Waals surface area contributed by atoms with Gasteiger partial charge in [0.1, 0.15) is 6.04 Å². The average molecular weight is 571 g/mol. The van der Waals surface area contributed by atoms with Crippen molar-refractivity contribution in [1.29, 1.82) is 0 Å². The molecule has 0 unspecified atom stereocenters. The lowest BCUT2D eigenvalue weighted by Gasteiger charge is -2.25. The van der Waals surface area contributed by atoms with Gasteiger partial charge in [0, 0.05) is 24.1 Å². The molecule has 0 aliphatic rings. The Morgan fingerprint density at radius 3 is 2.22 bits per heavy atom. The van der Waals surface area contributed by atoms with E-state index in [0.29, 0.717) is 0 Å². The van der Waals surface area contributed by atoms with E-state index in [4.69, 9.17) is 21.7 Å². The molecular weight excluding hydrogens is 544 g/mol. The number of H-pyrrole nitrogens is 1. The molecule has 0 aliphatic heterocycles. The smallest absolute Gasteiger partial charge is 0.326 e. The van der Waals surface area contributed by atoms with Gasteiger partial charge in [0.2, 0.25) is 11.9 Å². The largest absolute Gasteiger partial charge is 0.481 e. The molecular formula is C24H26N8O9. The topological polar surface area (TPSA) is 285 Å². The number of aliphatic carboxylic acids is 3. The van der Waals surface area contributed by atoms with Crippen LogP contribution in [0.3, 0.4) is 0 Å². The summed E-state index contributed by atoms with van der Waals surface area (Å²) < 4.78 is 0. The highest BCUT2D eigenvalue weighted by atomic mass is 16.4. The molecule has 0 saturated heterocycles. The summed E-state index contributed by atoms with van der Waals surface area (Å²) in [5.41, 5.74) is 11.0. The molecule has 1 aromatic carbocycles. The number of aromatic nitrogens is 4. The minimum atomic E-state index is -1.44. The maximum absolute atomic E-state index is 13.3. The molecule has 2 aromatic heterocycles. The molecule has 3 rings (SSSR count). The van der Waals surface area contributed by atoms with Gasteiger partial charge in [0.05, 0.1) is 24.5 Å². The first-order chi connectivity index (χ1) is 19.3. The van der Waals surface area contributed by atoms with Crippen LogP contribution in [-0.4, -0.2) is 77.1 Å². The summed E-state index contributed by atoms with van der Waals surface area (Å²) >= 11 is 0. The number of nitrogens with zero attached hydrogens (tertiary/aromatic N) is 4. The van der Waals surface area contributed by atoms with Crippen LogP contribution in [0.5, 0.6) is 0 Å². The molecule has 17 heteroatoms. The Kier molecular flexibility index (Phi) is 9.59. The van der Waals surface area contributed by atoms with Gasteiger partial charge in [-0.15, -0.1) is 0 Å². The Balaban J connectivity index is 1.89. The van der Waals surface area contributed by atoms with Crippen molar-refractivity contribution in [3.8, 4) is 0 Å². The predicted molar refractivity (Wildman–Crippen MR) is 141 cm³/mol. The number of nitrogens with one attached hydrogen (secondary N) is 2. The van der Waals surface area contributed by atoms with Gasteiger partial charge in [-0.1, -0.05) is 0 Å². The molecule has 0 aliphatic carbocycles. The number of anilines is 2. The van der Waals surface area contributed by atoms with Crippen LogP contribution in [-0.2, 0) is 25.7 Å². The van der Waals surface area contributed by atoms with E-state index in [9.17, 15) is 33.9 Å². The molecule has 2 amide bonds. The van der Waals surface area contributed by atoms with Gasteiger partial charge in [0.25, 0.3) is 11.5 Å². The van der Waals surface area contributed by atoms with E-state index < -0.39 is 53.8 Å². The van der Waals surface area contributed by atoms with Crippen molar-refractivity contribution in [3.63, 3.8) is 0 Å². The second-order valence-electron chi connectivity index (χ2n) is 8.79. The standard InChI is InChI=1S/C24H26N8O9/c25-14(5-7-16(33)34)22(39)32(10-12-9-27-19-18(28-12)21(38)31-24(26)30-19)13-3-1-11(2-4-13)20(37)29-15(23(40)41)6-8-17(35)36/h1-4,9,14-15H,5-8,10,25H2,(H,29,37)(H,33,34)(H,35,36)(H,40,41)(H3,26,27,30,31,38)/t14-,15-/m0/s1. The van der Waals surface area contributed by atoms with Gasteiger partial charge >= 0.3 is 17.9 Å². The molecule has 0 radical (unpaired) electrons. The molecule has 0 bridgehead atoms. The molecule has 41 heavy (non-hydrogen) atoms. The van der Waals surface area contributed by atoms with Gasteiger partial charge in [-0.2, -0.15) is 4.98 Å². The summed E-state index contributed by atoms with van der Waals surface area (Å²) in [6, 6.07) is 2.67. The molecule has 2 atom stereocenters. The number of nitrogen functional groups attached to an aromatic ring is 1. The first-order valence-corrected chi connectivity index (χ1v) is 12.0. The van der Waals surface area contributed by atoms with Crippen molar-refractivity contribution in [3.05, 3.63) is 52.1 Å². The summed E-state index contributed by atoms with van der Waals surface area (Å²) in [7, 11) is 0.